The highest BCUT2D eigenvalue weighted by Gasteiger charge is 2.32. The summed E-state index contributed by atoms with van der Waals surface area (Å²) in [5.74, 6) is -0.153. The monoisotopic (exact) mass is 405 g/mol. The minimum Gasteiger partial charge on any atom is -0.353 e. The van der Waals surface area contributed by atoms with Gasteiger partial charge in [-0.15, -0.1) is 0 Å². The van der Waals surface area contributed by atoms with Gasteiger partial charge in [-0.2, -0.15) is 5.10 Å². The van der Waals surface area contributed by atoms with Gasteiger partial charge in [0.05, 0.1) is 24.7 Å². The second-order valence-electron chi connectivity index (χ2n) is 7.91. The van der Waals surface area contributed by atoms with Crippen LogP contribution >= 0.6 is 0 Å². The fraction of sp³-hybridized carbons (Fsp3) is 0.348. The molecule has 0 spiro atoms. The fourth-order valence-electron chi connectivity index (χ4n) is 4.03. The molecule has 1 atom stereocenters. The van der Waals surface area contributed by atoms with E-state index >= 15 is 0 Å². The van der Waals surface area contributed by atoms with Crippen molar-refractivity contribution in [2.24, 2.45) is 0 Å². The van der Waals surface area contributed by atoms with E-state index < -0.39 is 6.04 Å². The number of aromatic amines is 1. The number of H-pyrrole nitrogens is 1. The molecule has 3 aromatic rings. The van der Waals surface area contributed by atoms with Crippen molar-refractivity contribution < 1.29 is 9.59 Å². The molecule has 1 fully saturated rings. The van der Waals surface area contributed by atoms with Crippen LogP contribution in [-0.4, -0.2) is 58.0 Å². The van der Waals surface area contributed by atoms with Crippen LogP contribution in [0.1, 0.15) is 23.4 Å². The molecule has 7 nitrogen and oxygen atoms in total. The van der Waals surface area contributed by atoms with Gasteiger partial charge in [-0.1, -0.05) is 42.5 Å². The van der Waals surface area contributed by atoms with Crippen molar-refractivity contribution in [3.63, 3.8) is 0 Å². The van der Waals surface area contributed by atoms with Crippen molar-refractivity contribution in [3.8, 4) is 0 Å². The van der Waals surface area contributed by atoms with Gasteiger partial charge in [0.2, 0.25) is 11.8 Å². The molecule has 156 valence electrons. The Kier molecular flexibility index (Phi) is 5.81. The Hall–Kier alpha value is -3.19. The lowest BCUT2D eigenvalue weighted by Crippen LogP contribution is -2.56. The zero-order valence-electron chi connectivity index (χ0n) is 17.4. The summed E-state index contributed by atoms with van der Waals surface area (Å²) >= 11 is 0. The van der Waals surface area contributed by atoms with E-state index in [1.165, 1.54) is 16.3 Å². The molecule has 0 saturated carbocycles. The van der Waals surface area contributed by atoms with Crippen LogP contribution in [0.2, 0.25) is 0 Å². The number of aromatic nitrogens is 2. The van der Waals surface area contributed by atoms with Crippen molar-refractivity contribution in [2.75, 3.05) is 20.1 Å². The number of fused-ring (bicyclic) bond motifs is 1. The number of amides is 2. The summed E-state index contributed by atoms with van der Waals surface area (Å²) in [6.45, 7) is 4.29. The Balaban J connectivity index is 1.48. The number of aryl methyl sites for hydroxylation is 1. The molecule has 2 N–H and O–H groups in total. The quantitative estimate of drug-likeness (QED) is 0.659. The third kappa shape index (κ3) is 4.36. The third-order valence-electron chi connectivity index (χ3n) is 5.65. The van der Waals surface area contributed by atoms with Gasteiger partial charge in [-0.25, -0.2) is 0 Å². The van der Waals surface area contributed by atoms with E-state index in [0.717, 1.165) is 17.9 Å². The van der Waals surface area contributed by atoms with Crippen LogP contribution in [0.3, 0.4) is 0 Å². The molecule has 2 heterocycles. The first-order valence-corrected chi connectivity index (χ1v) is 10.2. The summed E-state index contributed by atoms with van der Waals surface area (Å²) in [5, 5.41) is 12.4. The van der Waals surface area contributed by atoms with Crippen LogP contribution < -0.4 is 5.32 Å². The lowest BCUT2D eigenvalue weighted by Gasteiger charge is -2.35. The Morgan fingerprint density at radius 1 is 1.23 bits per heavy atom. The van der Waals surface area contributed by atoms with E-state index in [2.05, 4.69) is 44.7 Å². The molecular formula is C23H27N5O2. The maximum absolute atomic E-state index is 12.9. The van der Waals surface area contributed by atoms with E-state index in [4.69, 9.17) is 0 Å². The molecule has 7 heteroatoms. The summed E-state index contributed by atoms with van der Waals surface area (Å²) in [6.07, 6.45) is 0.149. The van der Waals surface area contributed by atoms with E-state index in [0.29, 0.717) is 19.6 Å². The normalized spacial score (nSPS) is 17.1. The van der Waals surface area contributed by atoms with Crippen molar-refractivity contribution in [2.45, 2.75) is 32.5 Å². The number of hydrogen-bond acceptors (Lipinski definition) is 4. The average Bonchev–Trinajstić information content (AvgIpc) is 3.15. The number of nitrogens with zero attached hydrogens (tertiary/aromatic N) is 3. The highest BCUT2D eigenvalue weighted by atomic mass is 16.2. The lowest BCUT2D eigenvalue weighted by atomic mass is 10.0. The molecule has 1 aliphatic rings. The lowest BCUT2D eigenvalue weighted by molar-refractivity contribution is -0.138. The van der Waals surface area contributed by atoms with Crippen LogP contribution in [0.4, 0.5) is 0 Å². The number of benzene rings is 2. The van der Waals surface area contributed by atoms with Gasteiger partial charge in [0.25, 0.3) is 0 Å². The first-order chi connectivity index (χ1) is 14.5. The van der Waals surface area contributed by atoms with Crippen molar-refractivity contribution >= 4 is 22.6 Å². The zero-order chi connectivity index (χ0) is 21.1. The first-order valence-electron chi connectivity index (χ1n) is 10.2. The molecule has 2 amide bonds. The van der Waals surface area contributed by atoms with Gasteiger partial charge < -0.3 is 10.2 Å². The van der Waals surface area contributed by atoms with E-state index in [9.17, 15) is 9.59 Å². The Labute approximate surface area is 176 Å². The van der Waals surface area contributed by atoms with E-state index in [-0.39, 0.29) is 18.2 Å². The minimum atomic E-state index is -0.478. The highest BCUT2D eigenvalue weighted by molar-refractivity contribution is 5.89. The van der Waals surface area contributed by atoms with Gasteiger partial charge in [0.15, 0.2) is 0 Å². The van der Waals surface area contributed by atoms with Gasteiger partial charge >= 0.3 is 0 Å². The van der Waals surface area contributed by atoms with Gasteiger partial charge in [0.1, 0.15) is 0 Å². The second-order valence-corrected chi connectivity index (χ2v) is 7.91. The van der Waals surface area contributed by atoms with Crippen LogP contribution in [0.25, 0.3) is 10.8 Å². The van der Waals surface area contributed by atoms with Crippen molar-refractivity contribution in [3.05, 3.63) is 65.5 Å². The van der Waals surface area contributed by atoms with Crippen LogP contribution in [-0.2, 0) is 22.7 Å². The van der Waals surface area contributed by atoms with Gasteiger partial charge in [0, 0.05) is 32.4 Å². The van der Waals surface area contributed by atoms with Crippen LogP contribution in [0, 0.1) is 6.92 Å². The number of piperazine rings is 1. The van der Waals surface area contributed by atoms with E-state index in [1.807, 2.05) is 31.2 Å². The molecular weight excluding hydrogens is 378 g/mol. The molecule has 1 saturated heterocycles. The minimum absolute atomic E-state index is 0.0689. The van der Waals surface area contributed by atoms with Crippen molar-refractivity contribution in [1.82, 2.24) is 25.3 Å². The molecule has 0 aliphatic carbocycles. The summed E-state index contributed by atoms with van der Waals surface area (Å²) in [5.41, 5.74) is 2.93. The fourth-order valence-corrected chi connectivity index (χ4v) is 4.03. The molecule has 30 heavy (non-hydrogen) atoms. The highest BCUT2D eigenvalue weighted by Crippen LogP contribution is 2.22. The number of carbonyl (C=O) groups excluding carboxylic acids is 2. The molecule has 0 bridgehead atoms. The maximum atomic E-state index is 12.9. The predicted octanol–water partition coefficient (Wildman–Crippen LogP) is 2.22. The predicted molar refractivity (Wildman–Crippen MR) is 116 cm³/mol. The largest absolute Gasteiger partial charge is 0.353 e. The summed E-state index contributed by atoms with van der Waals surface area (Å²) in [7, 11) is 1.75. The molecule has 2 aromatic carbocycles. The number of nitrogens with one attached hydrogen (secondary N) is 2. The molecule has 0 unspecified atom stereocenters. The Morgan fingerprint density at radius 2 is 2.03 bits per heavy atom. The van der Waals surface area contributed by atoms with Crippen molar-refractivity contribution in [1.29, 1.82) is 0 Å². The summed E-state index contributed by atoms with van der Waals surface area (Å²) in [6, 6.07) is 15.9. The van der Waals surface area contributed by atoms with Gasteiger partial charge in [-0.05, 0) is 29.3 Å². The molecule has 4 rings (SSSR count). The molecule has 1 aromatic heterocycles. The second kappa shape index (κ2) is 8.67. The standard InChI is InChI=1S/C23H27N5O2/c1-16-12-19(26-25-16)15-27(2)22(29)13-21-23(30)24-10-11-28(21)14-18-8-5-7-17-6-3-4-9-20(17)18/h3-9,12,21H,10-11,13-15H2,1-2H3,(H,24,30)(H,25,26)/t21-/m0/s1. The van der Waals surface area contributed by atoms with Crippen LogP contribution in [0.5, 0.6) is 0 Å². The number of rotatable bonds is 6. The Bertz CT molecular complexity index is 1060. The third-order valence-corrected chi connectivity index (χ3v) is 5.65. The zero-order valence-corrected chi connectivity index (χ0v) is 17.4. The maximum Gasteiger partial charge on any atom is 0.237 e. The van der Waals surface area contributed by atoms with E-state index in [1.54, 1.807) is 11.9 Å². The average molecular weight is 406 g/mol. The van der Waals surface area contributed by atoms with Crippen LogP contribution in [0.15, 0.2) is 48.5 Å². The first kappa shape index (κ1) is 20.1. The molecule has 1 aliphatic heterocycles. The summed E-state index contributed by atoms with van der Waals surface area (Å²) in [4.78, 5) is 29.2. The topological polar surface area (TPSA) is 81.3 Å². The number of hydrogen-bond donors (Lipinski definition) is 2. The smallest absolute Gasteiger partial charge is 0.237 e. The van der Waals surface area contributed by atoms with Gasteiger partial charge in [-0.3, -0.25) is 19.6 Å². The molecule has 0 radical (unpaired) electrons. The number of carbonyl (C=O) groups is 2. The SMILES string of the molecule is Cc1cc(CN(C)C(=O)C[C@H]2C(=O)NCCN2Cc2cccc3ccccc23)n[nH]1. The summed E-state index contributed by atoms with van der Waals surface area (Å²) < 4.78 is 0. The Morgan fingerprint density at radius 3 is 2.83 bits per heavy atom.